The number of aryl methyl sites for hydroxylation is 1. The van der Waals surface area contributed by atoms with Crippen LogP contribution in [0.25, 0.3) is 22.2 Å². The molecule has 2 atom stereocenters. The summed E-state index contributed by atoms with van der Waals surface area (Å²) in [5.41, 5.74) is -0.726. The van der Waals surface area contributed by atoms with E-state index in [-0.39, 0.29) is 40.1 Å². The molecule has 2 aromatic heterocycles. The topological polar surface area (TPSA) is 132 Å². The van der Waals surface area contributed by atoms with Gasteiger partial charge in [0.05, 0.1) is 23.1 Å². The normalized spacial score (nSPS) is 18.0. The second kappa shape index (κ2) is 9.51. The molecule has 0 spiro atoms. The van der Waals surface area contributed by atoms with Gasteiger partial charge in [0.25, 0.3) is 5.91 Å². The molecule has 1 unspecified atom stereocenters. The Balaban J connectivity index is 1.58. The standard InChI is InChI=1S/C27H22F5N5O4/c1-25(24(33)39)12-41-21-17(25)10-19(35-20(21)13-3-6-15(28)7-4-13)26(40,27(30,31)32)11-34-23(38)14-5-8-18-16(9-14)22(29)36-37(18)2/h3-10,40H,11-12H2,1-2H3,(H2,33,39)(H,34,38)/t25-,26?/m0/s1. The van der Waals surface area contributed by atoms with Gasteiger partial charge in [-0.1, -0.05) is 0 Å². The van der Waals surface area contributed by atoms with Crippen LogP contribution in [0.5, 0.6) is 5.75 Å². The zero-order valence-corrected chi connectivity index (χ0v) is 21.5. The lowest BCUT2D eigenvalue weighted by Crippen LogP contribution is -2.51. The number of aliphatic hydroxyl groups is 1. The van der Waals surface area contributed by atoms with E-state index in [4.69, 9.17) is 10.5 Å². The van der Waals surface area contributed by atoms with Crippen LogP contribution in [0.15, 0.2) is 48.5 Å². The predicted molar refractivity (Wildman–Crippen MR) is 135 cm³/mol. The summed E-state index contributed by atoms with van der Waals surface area (Å²) in [6.45, 7) is -0.348. The molecule has 4 aromatic rings. The van der Waals surface area contributed by atoms with E-state index in [1.165, 1.54) is 42.9 Å². The number of primary amides is 1. The smallest absolute Gasteiger partial charge is 0.424 e. The zero-order valence-electron chi connectivity index (χ0n) is 21.5. The number of fused-ring (bicyclic) bond motifs is 2. The number of rotatable bonds is 6. The molecular weight excluding hydrogens is 553 g/mol. The monoisotopic (exact) mass is 575 g/mol. The maximum atomic E-state index is 14.5. The molecule has 9 nitrogen and oxygen atoms in total. The van der Waals surface area contributed by atoms with E-state index >= 15 is 0 Å². The van der Waals surface area contributed by atoms with Crippen LogP contribution < -0.4 is 15.8 Å². The molecule has 1 aliphatic rings. The summed E-state index contributed by atoms with van der Waals surface area (Å²) in [7, 11) is 1.48. The third-order valence-corrected chi connectivity index (χ3v) is 7.20. The molecule has 2 amide bonds. The van der Waals surface area contributed by atoms with E-state index in [0.29, 0.717) is 5.52 Å². The highest BCUT2D eigenvalue weighted by Gasteiger charge is 2.57. The highest BCUT2D eigenvalue weighted by atomic mass is 19.4. The summed E-state index contributed by atoms with van der Waals surface area (Å²) in [4.78, 5) is 29.2. The molecule has 0 saturated heterocycles. The van der Waals surface area contributed by atoms with Crippen molar-refractivity contribution in [3.05, 3.63) is 77.1 Å². The summed E-state index contributed by atoms with van der Waals surface area (Å²) in [6.07, 6.45) is -5.39. The number of alkyl halides is 3. The first-order valence-electron chi connectivity index (χ1n) is 12.1. The maximum Gasteiger partial charge on any atom is 0.424 e. The SMILES string of the molecule is Cn1nc(F)c2cc(C(=O)NCC(O)(c3cc4c(c(-c5ccc(F)cc5)n3)OC[C@]4(C)C(N)=O)C(F)(F)F)ccc21. The molecular formula is C27H22F5N5O4. The highest BCUT2D eigenvalue weighted by Crippen LogP contribution is 2.47. The molecule has 0 radical (unpaired) electrons. The number of hydrogen-bond acceptors (Lipinski definition) is 6. The van der Waals surface area contributed by atoms with E-state index < -0.39 is 53.0 Å². The van der Waals surface area contributed by atoms with Gasteiger partial charge in [-0.2, -0.15) is 17.6 Å². The lowest BCUT2D eigenvalue weighted by atomic mass is 9.81. The van der Waals surface area contributed by atoms with Crippen molar-refractivity contribution in [1.29, 1.82) is 0 Å². The van der Waals surface area contributed by atoms with Crippen molar-refractivity contribution >= 4 is 22.7 Å². The van der Waals surface area contributed by atoms with Gasteiger partial charge in [0.2, 0.25) is 17.5 Å². The minimum atomic E-state index is -5.39. The highest BCUT2D eigenvalue weighted by molar-refractivity contribution is 5.98. The average molecular weight is 575 g/mol. The average Bonchev–Trinajstić information content (AvgIpc) is 3.42. The summed E-state index contributed by atoms with van der Waals surface area (Å²) in [5, 5.41) is 16.7. The molecule has 1 aliphatic heterocycles. The van der Waals surface area contributed by atoms with Crippen molar-refractivity contribution in [3.8, 4) is 17.0 Å². The Morgan fingerprint density at radius 3 is 2.46 bits per heavy atom. The molecule has 41 heavy (non-hydrogen) atoms. The molecule has 5 rings (SSSR count). The fourth-order valence-corrected chi connectivity index (χ4v) is 4.61. The van der Waals surface area contributed by atoms with Crippen LogP contribution in [0.3, 0.4) is 0 Å². The molecule has 0 aliphatic carbocycles. The van der Waals surface area contributed by atoms with Gasteiger partial charge in [-0.3, -0.25) is 14.3 Å². The van der Waals surface area contributed by atoms with Crippen molar-refractivity contribution in [2.24, 2.45) is 12.8 Å². The number of pyridine rings is 1. The van der Waals surface area contributed by atoms with Crippen molar-refractivity contribution < 1.29 is 41.4 Å². The van der Waals surface area contributed by atoms with Crippen molar-refractivity contribution in [1.82, 2.24) is 20.1 Å². The number of halogens is 5. The van der Waals surface area contributed by atoms with Crippen LogP contribution in [0.1, 0.15) is 28.5 Å². The van der Waals surface area contributed by atoms with Crippen LogP contribution in [-0.2, 0) is 22.9 Å². The van der Waals surface area contributed by atoms with Gasteiger partial charge in [0.15, 0.2) is 0 Å². The van der Waals surface area contributed by atoms with Gasteiger partial charge in [0, 0.05) is 23.7 Å². The molecule has 2 aromatic carbocycles. The first-order valence-corrected chi connectivity index (χ1v) is 12.1. The number of carbonyl (C=O) groups excluding carboxylic acids is 2. The predicted octanol–water partition coefficient (Wildman–Crippen LogP) is 3.23. The number of nitrogens with zero attached hydrogens (tertiary/aromatic N) is 3. The summed E-state index contributed by atoms with van der Waals surface area (Å²) in [5.74, 6) is -3.49. The number of carbonyl (C=O) groups is 2. The first kappa shape index (κ1) is 28.0. The fraction of sp³-hybridized carbons (Fsp3) is 0.259. The number of amides is 2. The van der Waals surface area contributed by atoms with E-state index in [1.807, 2.05) is 5.32 Å². The Morgan fingerprint density at radius 2 is 1.83 bits per heavy atom. The van der Waals surface area contributed by atoms with Crippen LogP contribution >= 0.6 is 0 Å². The van der Waals surface area contributed by atoms with Crippen LogP contribution in [-0.4, -0.2) is 51.0 Å². The summed E-state index contributed by atoms with van der Waals surface area (Å²) < 4.78 is 78.1. The molecule has 3 heterocycles. The van der Waals surface area contributed by atoms with Crippen molar-refractivity contribution in [2.75, 3.05) is 13.2 Å². The van der Waals surface area contributed by atoms with E-state index in [0.717, 1.165) is 24.3 Å². The summed E-state index contributed by atoms with van der Waals surface area (Å²) >= 11 is 0. The Bertz CT molecular complexity index is 1710. The van der Waals surface area contributed by atoms with Crippen LogP contribution in [0.4, 0.5) is 22.0 Å². The zero-order chi connectivity index (χ0) is 29.9. The number of nitrogens with two attached hydrogens (primary N) is 1. The van der Waals surface area contributed by atoms with Gasteiger partial charge in [0.1, 0.15) is 29.3 Å². The number of ether oxygens (including phenoxy) is 1. The van der Waals surface area contributed by atoms with E-state index in [1.54, 1.807) is 0 Å². The quantitative estimate of drug-likeness (QED) is 0.303. The second-order valence-corrected chi connectivity index (χ2v) is 9.91. The number of hydrogen-bond donors (Lipinski definition) is 3. The number of nitrogens with one attached hydrogen (secondary N) is 1. The molecule has 4 N–H and O–H groups in total. The van der Waals surface area contributed by atoms with E-state index in [9.17, 15) is 36.6 Å². The number of benzene rings is 2. The Hall–Kier alpha value is -4.59. The van der Waals surface area contributed by atoms with E-state index in [2.05, 4.69) is 10.1 Å². The van der Waals surface area contributed by atoms with Gasteiger partial charge < -0.3 is 20.9 Å². The minimum absolute atomic E-state index is 0.0267. The maximum absolute atomic E-state index is 14.5. The van der Waals surface area contributed by atoms with Crippen LogP contribution in [0.2, 0.25) is 0 Å². The first-order chi connectivity index (χ1) is 19.2. The van der Waals surface area contributed by atoms with Gasteiger partial charge in [-0.05, 0) is 55.5 Å². The molecule has 0 saturated carbocycles. The third-order valence-electron chi connectivity index (χ3n) is 7.20. The van der Waals surface area contributed by atoms with Gasteiger partial charge in [-0.25, -0.2) is 9.37 Å². The lowest BCUT2D eigenvalue weighted by Gasteiger charge is -2.31. The van der Waals surface area contributed by atoms with Crippen LogP contribution in [0, 0.1) is 11.8 Å². The fourth-order valence-electron chi connectivity index (χ4n) is 4.61. The Morgan fingerprint density at radius 1 is 1.15 bits per heavy atom. The number of aromatic nitrogens is 3. The molecule has 0 fully saturated rings. The largest absolute Gasteiger partial charge is 0.489 e. The summed E-state index contributed by atoms with van der Waals surface area (Å²) in [6, 6.07) is 9.21. The van der Waals surface area contributed by atoms with Crippen molar-refractivity contribution in [3.63, 3.8) is 0 Å². The van der Waals surface area contributed by atoms with Gasteiger partial charge >= 0.3 is 6.18 Å². The molecule has 0 bridgehead atoms. The molecule has 214 valence electrons. The minimum Gasteiger partial charge on any atom is -0.489 e. The Labute approximate surface area is 228 Å². The third kappa shape index (κ3) is 4.53. The lowest BCUT2D eigenvalue weighted by molar-refractivity contribution is -0.265. The molecule has 14 heteroatoms. The second-order valence-electron chi connectivity index (χ2n) is 9.91. The van der Waals surface area contributed by atoms with Gasteiger partial charge in [-0.15, -0.1) is 5.10 Å². The van der Waals surface area contributed by atoms with Crippen molar-refractivity contribution in [2.45, 2.75) is 24.1 Å². The Kier molecular flexibility index (Phi) is 6.48.